The second-order valence-corrected chi connectivity index (χ2v) is 33.9. The molecule has 15 aliphatic heterocycles. The van der Waals surface area contributed by atoms with Crippen molar-refractivity contribution >= 4 is 0 Å². The number of hydrogen-bond acceptors (Lipinski definition) is 55. The molecule has 0 amide bonds. The van der Waals surface area contributed by atoms with Gasteiger partial charge in [0, 0.05) is 32.7 Å². The molecule has 40 N–H and O–H groups in total. The maximum atomic E-state index is 10.4. The Labute approximate surface area is 709 Å². The van der Waals surface area contributed by atoms with Gasteiger partial charge in [-0.2, -0.15) is 0 Å². The first-order valence-corrected chi connectivity index (χ1v) is 40.9. The minimum atomic E-state index is -1.61. The Kier molecular flexibility index (Phi) is 35.7. The van der Waals surface area contributed by atoms with Crippen LogP contribution in [-0.4, -0.2) is 664 Å². The number of rotatable bonds is 20. The van der Waals surface area contributed by atoms with Crippen molar-refractivity contribution in [2.24, 2.45) is 0 Å². The predicted molar refractivity (Wildman–Crippen MR) is 390 cm³/mol. The monoisotopic (exact) mass is 1840 g/mol. The second kappa shape index (κ2) is 43.2. The zero-order chi connectivity index (χ0) is 92.3. The molecule has 0 spiro atoms. The van der Waals surface area contributed by atoms with Crippen molar-refractivity contribution < 1.29 is 252 Å². The summed E-state index contributed by atoms with van der Waals surface area (Å²) in [6.07, 6.45) is -59.8. The Morgan fingerprint density at radius 2 is 0.296 bits per heavy atom. The van der Waals surface area contributed by atoms with Gasteiger partial charge in [-0.3, -0.25) is 24.5 Å². The molecule has 55 heteroatoms. The highest BCUT2D eigenvalue weighted by Crippen LogP contribution is 2.43. The third-order valence-electron chi connectivity index (χ3n) is 26.8. The highest BCUT2D eigenvalue weighted by Gasteiger charge is 2.65. The largest absolute Gasteiger partial charge is 0.395 e. The molecule has 15 saturated heterocycles. The lowest BCUT2D eigenvalue weighted by molar-refractivity contribution is -0.314. The Balaban J connectivity index is 0.000000152. The summed E-state index contributed by atoms with van der Waals surface area (Å²) in [4.78, 5) is 7.61. The van der Waals surface area contributed by atoms with Crippen molar-refractivity contribution in [3.63, 3.8) is 0 Å². The number of ether oxygens (including phenoxy) is 10. The molecule has 0 radical (unpaired) electrons. The number of fused-ring (bicyclic) bond motifs is 5. The Bertz CT molecular complexity index is 2810. The average Bonchev–Trinajstić information content (AvgIpc) is 1.61. The third-order valence-corrected chi connectivity index (χ3v) is 26.8. The molecule has 0 saturated carbocycles. The minimum Gasteiger partial charge on any atom is -0.395 e. The molecule has 0 aliphatic carbocycles. The first-order chi connectivity index (χ1) is 59.1. The lowest BCUT2D eigenvalue weighted by Gasteiger charge is -2.40. The van der Waals surface area contributed by atoms with Crippen molar-refractivity contribution in [3.8, 4) is 0 Å². The summed E-state index contributed by atoms with van der Waals surface area (Å²) in [5, 5.41) is 392. The molecule has 730 valence electrons. The fourth-order valence-electron chi connectivity index (χ4n) is 19.6. The summed E-state index contributed by atoms with van der Waals surface area (Å²) < 4.78 is 53.8. The topological polar surface area (TPSA) is 918 Å². The van der Waals surface area contributed by atoms with E-state index < -0.39 is 402 Å². The van der Waals surface area contributed by atoms with E-state index >= 15 is 0 Å². The highest BCUT2D eigenvalue weighted by atomic mass is 16.7. The molecule has 15 aliphatic rings. The van der Waals surface area contributed by atoms with Gasteiger partial charge in [-0.25, -0.2) is 0 Å². The quantitative estimate of drug-likeness (QED) is 0.0538. The molecule has 15 fully saturated rings. The Morgan fingerprint density at radius 3 is 0.416 bits per heavy atom. The smallest absolute Gasteiger partial charge is 0.187 e. The fraction of sp³-hybridized carbons (Fsp3) is 1.00. The highest BCUT2D eigenvalue weighted by molar-refractivity contribution is 5.16. The van der Waals surface area contributed by atoms with Crippen molar-refractivity contribution in [2.45, 2.75) is 336 Å². The minimum absolute atomic E-state index is 0.0419. The van der Waals surface area contributed by atoms with Crippen molar-refractivity contribution in [2.75, 3.05) is 98.8 Å². The van der Waals surface area contributed by atoms with Gasteiger partial charge in [0.1, 0.15) is 153 Å². The summed E-state index contributed by atoms with van der Waals surface area (Å²) in [5.41, 5.74) is 0. The summed E-state index contributed by atoms with van der Waals surface area (Å²) >= 11 is 0. The van der Waals surface area contributed by atoms with Gasteiger partial charge in [-0.15, -0.1) is 0 Å². The fourth-order valence-corrected chi connectivity index (χ4v) is 19.6. The standard InChI is InChI=1S/5C14H25NO10/c5*16-2-4-8(18)11(21)7-9(19)5(1-15(4)7)24-14-13(23)12(22)10(20)6(3-17)25-14/h5*4-14,16-23H,1-3H2/t4-,5+,6?,7-,8-,9+,10-,11-,12+,13?,14+;4-,5-,6?,7+,8+,9+,10+,11+,12-,13?,14-;2*4-,5-,6?,7+,8+,9-,10+,11+,12-,13?,14-;4-,5-,6?,7-,8-,9+,10-,11-,12+,13?,14+/m10001/s1. The van der Waals surface area contributed by atoms with Gasteiger partial charge in [0.25, 0.3) is 0 Å². The molecule has 0 aromatic carbocycles. The lowest BCUT2D eigenvalue weighted by Crippen LogP contribution is -2.60. The first-order valence-electron chi connectivity index (χ1n) is 40.9. The normalized spacial score (nSPS) is 54.0. The van der Waals surface area contributed by atoms with E-state index in [1.165, 1.54) is 24.5 Å². The molecule has 10 unspecified atom stereocenters. The Morgan fingerprint density at radius 1 is 0.160 bits per heavy atom. The van der Waals surface area contributed by atoms with Gasteiger partial charge in [-0.1, -0.05) is 0 Å². The van der Waals surface area contributed by atoms with Crippen molar-refractivity contribution in [1.29, 1.82) is 0 Å². The molecule has 15 heterocycles. The van der Waals surface area contributed by atoms with Gasteiger partial charge < -0.3 is 252 Å². The third kappa shape index (κ3) is 19.7. The van der Waals surface area contributed by atoms with Crippen LogP contribution in [0.4, 0.5) is 0 Å². The van der Waals surface area contributed by atoms with Crippen LogP contribution in [-0.2, 0) is 47.4 Å². The van der Waals surface area contributed by atoms with E-state index in [0.29, 0.717) is 0 Å². The van der Waals surface area contributed by atoms with Gasteiger partial charge in [-0.05, 0) is 0 Å². The van der Waals surface area contributed by atoms with E-state index in [-0.39, 0.29) is 32.7 Å². The lowest BCUT2D eigenvalue weighted by atomic mass is 9.99. The van der Waals surface area contributed by atoms with Crippen LogP contribution >= 0.6 is 0 Å². The van der Waals surface area contributed by atoms with Crippen molar-refractivity contribution in [3.05, 3.63) is 0 Å². The molecule has 0 bridgehead atoms. The van der Waals surface area contributed by atoms with E-state index in [2.05, 4.69) is 0 Å². The van der Waals surface area contributed by atoms with Crippen LogP contribution in [0, 0.1) is 0 Å². The average molecular weight is 1840 g/mol. The Hall–Kier alpha value is -2.20. The van der Waals surface area contributed by atoms with E-state index in [9.17, 15) is 204 Å². The van der Waals surface area contributed by atoms with Crippen LogP contribution in [0.5, 0.6) is 0 Å². The molecule has 0 aromatic heterocycles. The zero-order valence-corrected chi connectivity index (χ0v) is 66.6. The van der Waals surface area contributed by atoms with E-state index in [1.54, 1.807) is 0 Å². The molecule has 55 nitrogen and oxygen atoms in total. The maximum absolute atomic E-state index is 10.4. The van der Waals surface area contributed by atoms with E-state index in [0.717, 1.165) is 0 Å². The molecule has 125 heavy (non-hydrogen) atoms. The maximum Gasteiger partial charge on any atom is 0.187 e. The molecule has 15 rings (SSSR count). The van der Waals surface area contributed by atoms with E-state index in [4.69, 9.17) is 47.4 Å². The van der Waals surface area contributed by atoms with E-state index in [1.807, 2.05) is 0 Å². The number of nitrogens with zero attached hydrogens (tertiary/aromatic N) is 5. The number of aliphatic hydroxyl groups excluding tert-OH is 40. The van der Waals surface area contributed by atoms with Gasteiger partial charge in [0.2, 0.25) is 0 Å². The summed E-state index contributed by atoms with van der Waals surface area (Å²) in [5.74, 6) is 0. The summed E-state index contributed by atoms with van der Waals surface area (Å²) in [6, 6.07) is -8.12. The van der Waals surface area contributed by atoms with Crippen LogP contribution in [0.3, 0.4) is 0 Å². The molecule has 55 atom stereocenters. The molecule has 0 aromatic rings. The SMILES string of the molecule is OCC1O[C@H](O[C@@H]2CN3[C@H]([C@H]2O)[C@@H](O)[C@H](O)[C@H]3CO)C(O)[C@@H](O)[C@@H]1O.OCC1O[C@H](O[C@H]2CN3[C@@H]([C@@H](O)[C@H](O)[C@@H]3CO)[C@@H]2O)C(O)[C@@H](O)[C@@H]1O.OCC1O[C@H](O[C@H]2CN3[C@H]([C@H]2O)[C@@H](O)[C@H](O)[C@@H]3CO)C(O)[C@@H](O)[C@@H]1O.OCC1O[C@H](O[C@H]2CN3[C@H]([C@H]2O)[C@@H](O)[C@H](O)[C@@H]3CO)C(O)[C@@H](O)[C@@H]1O.OCC1O[C@H](O[C@H]2CN3[C@H]([C@H]2O)[C@@H](O)[C@H](O)[C@H]3CO)C(O)[C@@H](O)[C@@H]1O. The second-order valence-electron chi connectivity index (χ2n) is 33.9. The van der Waals surface area contributed by atoms with Gasteiger partial charge in [0.05, 0.1) is 218 Å². The van der Waals surface area contributed by atoms with Crippen LogP contribution in [0.1, 0.15) is 0 Å². The van der Waals surface area contributed by atoms with Gasteiger partial charge in [0.15, 0.2) is 31.5 Å². The number of aliphatic hydroxyl groups is 40. The van der Waals surface area contributed by atoms with Crippen LogP contribution < -0.4 is 0 Å². The number of hydrogen-bond donors (Lipinski definition) is 40. The first kappa shape index (κ1) is 103. The molecular weight excluding hydrogens is 1710 g/mol. The van der Waals surface area contributed by atoms with Crippen LogP contribution in [0.25, 0.3) is 0 Å². The molecular formula is C70H125N5O50. The van der Waals surface area contributed by atoms with Crippen LogP contribution in [0.2, 0.25) is 0 Å². The summed E-state index contributed by atoms with van der Waals surface area (Å²) in [7, 11) is 0. The van der Waals surface area contributed by atoms with Crippen molar-refractivity contribution in [1.82, 2.24) is 24.5 Å². The van der Waals surface area contributed by atoms with Gasteiger partial charge >= 0.3 is 0 Å². The zero-order valence-electron chi connectivity index (χ0n) is 66.6. The summed E-state index contributed by atoms with van der Waals surface area (Å²) in [6.45, 7) is -4.94. The predicted octanol–water partition coefficient (Wildman–Crippen LogP) is -28.4. The van der Waals surface area contributed by atoms with Crippen LogP contribution in [0.15, 0.2) is 0 Å².